The first-order chi connectivity index (χ1) is 16.3. The molecule has 172 valence electrons. The molecule has 2 aromatic carbocycles. The number of nitrogens with two attached hydrogens (primary N) is 1. The van der Waals surface area contributed by atoms with Gasteiger partial charge in [0.1, 0.15) is 5.69 Å². The van der Waals surface area contributed by atoms with Crippen molar-refractivity contribution in [1.29, 1.82) is 0 Å². The summed E-state index contributed by atoms with van der Waals surface area (Å²) in [4.78, 5) is 25.3. The standard InChI is InChI=1S/C20H18N10O4/c1-28(2)14-7-3-12(4-8-14)11-22-24-20(31)16-17(13-5-9-15(10-6-13)30(32)33)29(27-23-16)19-18(21)25-34-26-19/h3-11H,1-2H3,(H2,21,25)(H,24,31)/b22-11+. The van der Waals surface area contributed by atoms with Crippen molar-refractivity contribution in [2.75, 3.05) is 24.7 Å². The third-order valence-corrected chi connectivity index (χ3v) is 4.72. The summed E-state index contributed by atoms with van der Waals surface area (Å²) in [6, 6.07) is 13.0. The minimum atomic E-state index is -0.671. The highest BCUT2D eigenvalue weighted by atomic mass is 16.6. The number of amides is 1. The monoisotopic (exact) mass is 462 g/mol. The van der Waals surface area contributed by atoms with Crippen LogP contribution in [0, 0.1) is 10.1 Å². The van der Waals surface area contributed by atoms with Crippen molar-refractivity contribution < 1.29 is 14.3 Å². The first-order valence-electron chi connectivity index (χ1n) is 9.75. The van der Waals surface area contributed by atoms with Gasteiger partial charge in [0.25, 0.3) is 11.6 Å². The summed E-state index contributed by atoms with van der Waals surface area (Å²) in [7, 11) is 3.86. The minimum absolute atomic E-state index is 0.00406. The molecule has 2 aromatic heterocycles. The predicted octanol–water partition coefficient (Wildman–Crippen LogP) is 1.64. The number of nitro groups is 1. The molecule has 0 aliphatic carbocycles. The Morgan fingerprint density at radius 1 is 1.18 bits per heavy atom. The van der Waals surface area contributed by atoms with E-state index in [0.717, 1.165) is 15.9 Å². The number of carbonyl (C=O) groups excluding carboxylic acids is 1. The Hall–Kier alpha value is -5.14. The number of hydrogen-bond acceptors (Lipinski definition) is 11. The highest BCUT2D eigenvalue weighted by Gasteiger charge is 2.25. The van der Waals surface area contributed by atoms with Crippen LogP contribution in [-0.4, -0.2) is 56.4 Å². The Kier molecular flexibility index (Phi) is 5.94. The Balaban J connectivity index is 1.64. The van der Waals surface area contributed by atoms with Gasteiger partial charge in [-0.05, 0) is 40.1 Å². The lowest BCUT2D eigenvalue weighted by Crippen LogP contribution is -2.19. The molecule has 0 aliphatic rings. The number of anilines is 2. The van der Waals surface area contributed by atoms with Crippen LogP contribution < -0.4 is 16.1 Å². The maximum Gasteiger partial charge on any atom is 0.294 e. The molecule has 14 nitrogen and oxygen atoms in total. The fourth-order valence-corrected chi connectivity index (χ4v) is 3.00. The van der Waals surface area contributed by atoms with Crippen molar-refractivity contribution in [2.45, 2.75) is 0 Å². The number of nitrogen functional groups attached to an aromatic ring is 1. The van der Waals surface area contributed by atoms with Gasteiger partial charge in [-0.1, -0.05) is 17.3 Å². The molecular formula is C20H18N10O4. The number of hydrazone groups is 1. The van der Waals surface area contributed by atoms with E-state index in [1.165, 1.54) is 30.5 Å². The second-order valence-electron chi connectivity index (χ2n) is 7.16. The Morgan fingerprint density at radius 2 is 1.88 bits per heavy atom. The zero-order chi connectivity index (χ0) is 24.2. The minimum Gasteiger partial charge on any atom is -0.378 e. The number of nitrogens with one attached hydrogen (secondary N) is 1. The normalized spacial score (nSPS) is 11.0. The van der Waals surface area contributed by atoms with Crippen LogP contribution in [0.2, 0.25) is 0 Å². The summed E-state index contributed by atoms with van der Waals surface area (Å²) in [5, 5.41) is 30.0. The Bertz CT molecular complexity index is 1360. The number of rotatable bonds is 7. The van der Waals surface area contributed by atoms with Crippen molar-refractivity contribution >= 4 is 29.3 Å². The second kappa shape index (κ2) is 9.15. The summed E-state index contributed by atoms with van der Waals surface area (Å²) in [6.07, 6.45) is 1.48. The number of aromatic nitrogens is 5. The van der Waals surface area contributed by atoms with E-state index in [0.29, 0.717) is 5.56 Å². The molecule has 0 saturated heterocycles. The number of nitro benzene ring substituents is 1. The zero-order valence-corrected chi connectivity index (χ0v) is 18.0. The van der Waals surface area contributed by atoms with Gasteiger partial charge in [0, 0.05) is 37.5 Å². The van der Waals surface area contributed by atoms with Crippen molar-refractivity contribution in [3.63, 3.8) is 0 Å². The summed E-state index contributed by atoms with van der Waals surface area (Å²) in [5.41, 5.74) is 10.3. The van der Waals surface area contributed by atoms with E-state index in [1.807, 2.05) is 43.3 Å². The third kappa shape index (κ3) is 4.40. The summed E-state index contributed by atoms with van der Waals surface area (Å²) in [5.74, 6) is -0.751. The number of carbonyl (C=O) groups is 1. The fraction of sp³-hybridized carbons (Fsp3) is 0.100. The van der Waals surface area contributed by atoms with Crippen molar-refractivity contribution in [3.8, 4) is 17.1 Å². The molecule has 0 saturated carbocycles. The predicted molar refractivity (Wildman–Crippen MR) is 122 cm³/mol. The van der Waals surface area contributed by atoms with Gasteiger partial charge < -0.3 is 10.6 Å². The molecule has 0 aliphatic heterocycles. The first-order valence-corrected chi connectivity index (χ1v) is 9.75. The third-order valence-electron chi connectivity index (χ3n) is 4.72. The van der Waals surface area contributed by atoms with E-state index in [1.54, 1.807) is 0 Å². The van der Waals surface area contributed by atoms with Gasteiger partial charge in [0.05, 0.1) is 11.1 Å². The number of nitrogens with zero attached hydrogens (tertiary/aromatic N) is 8. The maximum absolute atomic E-state index is 12.9. The summed E-state index contributed by atoms with van der Waals surface area (Å²) < 4.78 is 5.78. The quantitative estimate of drug-likeness (QED) is 0.232. The van der Waals surface area contributed by atoms with Gasteiger partial charge >= 0.3 is 0 Å². The van der Waals surface area contributed by atoms with Gasteiger partial charge in [-0.3, -0.25) is 14.9 Å². The highest BCUT2D eigenvalue weighted by Crippen LogP contribution is 2.28. The van der Waals surface area contributed by atoms with E-state index < -0.39 is 10.8 Å². The van der Waals surface area contributed by atoms with Crippen LogP contribution in [0.25, 0.3) is 17.1 Å². The van der Waals surface area contributed by atoms with Crippen molar-refractivity contribution in [1.82, 2.24) is 30.7 Å². The smallest absolute Gasteiger partial charge is 0.294 e. The fourth-order valence-electron chi connectivity index (χ4n) is 3.00. The van der Waals surface area contributed by atoms with Gasteiger partial charge in [0.15, 0.2) is 5.69 Å². The van der Waals surface area contributed by atoms with Gasteiger partial charge in [0.2, 0.25) is 11.6 Å². The molecule has 0 spiro atoms. The molecule has 2 heterocycles. The molecule has 0 unspecified atom stereocenters. The Labute approximate surface area is 191 Å². The lowest BCUT2D eigenvalue weighted by atomic mass is 10.1. The zero-order valence-electron chi connectivity index (χ0n) is 18.0. The lowest BCUT2D eigenvalue weighted by molar-refractivity contribution is -0.384. The van der Waals surface area contributed by atoms with Gasteiger partial charge in [-0.2, -0.15) is 9.78 Å². The molecule has 0 bridgehead atoms. The molecular weight excluding hydrogens is 444 g/mol. The highest BCUT2D eigenvalue weighted by molar-refractivity contribution is 5.98. The van der Waals surface area contributed by atoms with E-state index in [-0.39, 0.29) is 28.7 Å². The van der Waals surface area contributed by atoms with Crippen LogP contribution in [0.5, 0.6) is 0 Å². The number of non-ortho nitro benzene ring substituents is 1. The van der Waals surface area contributed by atoms with E-state index in [9.17, 15) is 14.9 Å². The molecule has 1 amide bonds. The lowest BCUT2D eigenvalue weighted by Gasteiger charge is -2.11. The molecule has 34 heavy (non-hydrogen) atoms. The number of benzene rings is 2. The second-order valence-corrected chi connectivity index (χ2v) is 7.16. The number of hydrogen-bond donors (Lipinski definition) is 2. The molecule has 3 N–H and O–H groups in total. The maximum atomic E-state index is 12.9. The SMILES string of the molecule is CN(C)c1ccc(/C=N/NC(=O)c2nnn(-c3nonc3N)c2-c2ccc([N+](=O)[O-])cc2)cc1. The van der Waals surface area contributed by atoms with Crippen LogP contribution in [0.3, 0.4) is 0 Å². The van der Waals surface area contributed by atoms with E-state index in [4.69, 9.17) is 5.73 Å². The largest absolute Gasteiger partial charge is 0.378 e. The molecule has 4 rings (SSSR count). The van der Waals surface area contributed by atoms with Crippen LogP contribution >= 0.6 is 0 Å². The molecule has 0 atom stereocenters. The van der Waals surface area contributed by atoms with Gasteiger partial charge in [-0.15, -0.1) is 5.10 Å². The van der Waals surface area contributed by atoms with Crippen LogP contribution in [0.4, 0.5) is 17.2 Å². The molecule has 0 fully saturated rings. The van der Waals surface area contributed by atoms with Gasteiger partial charge in [-0.25, -0.2) is 10.1 Å². The molecule has 0 radical (unpaired) electrons. The van der Waals surface area contributed by atoms with Crippen molar-refractivity contribution in [2.24, 2.45) is 5.10 Å². The summed E-state index contributed by atoms with van der Waals surface area (Å²) >= 11 is 0. The topological polar surface area (TPSA) is 183 Å². The summed E-state index contributed by atoms with van der Waals surface area (Å²) in [6.45, 7) is 0. The average Bonchev–Trinajstić information content (AvgIpc) is 3.45. The average molecular weight is 462 g/mol. The molecule has 14 heteroatoms. The van der Waals surface area contributed by atoms with Crippen LogP contribution in [0.15, 0.2) is 58.3 Å². The van der Waals surface area contributed by atoms with Crippen molar-refractivity contribution in [3.05, 3.63) is 69.9 Å². The van der Waals surface area contributed by atoms with E-state index >= 15 is 0 Å². The first kappa shape index (κ1) is 22.1. The van der Waals surface area contributed by atoms with Crippen LogP contribution in [-0.2, 0) is 0 Å². The van der Waals surface area contributed by atoms with Crippen LogP contribution in [0.1, 0.15) is 16.1 Å². The Morgan fingerprint density at radius 3 is 2.47 bits per heavy atom. The van der Waals surface area contributed by atoms with E-state index in [2.05, 4.69) is 35.8 Å². The molecule has 4 aromatic rings.